The second-order valence-electron chi connectivity index (χ2n) is 6.43. The summed E-state index contributed by atoms with van der Waals surface area (Å²) in [5, 5.41) is 25.3. The largest absolute Gasteiger partial charge is 0.409 e. The molecule has 1 aliphatic carbocycles. The standard InChI is InChI=1S/C14H29N3O2/c1-13(2,12(15)17-19)7-5-6-10-16-11-14(18)8-3-4-9-14/h16,18-19H,3-11H2,1-2H3,(H2,15,17). The highest BCUT2D eigenvalue weighted by atomic mass is 16.4. The van der Waals surface area contributed by atoms with Crippen LogP contribution in [0.1, 0.15) is 58.8 Å². The molecule has 0 aromatic rings. The third-order valence-electron chi connectivity index (χ3n) is 4.19. The predicted molar refractivity (Wildman–Crippen MR) is 77.3 cm³/mol. The van der Waals surface area contributed by atoms with Crippen LogP contribution in [0, 0.1) is 5.41 Å². The molecule has 5 nitrogen and oxygen atoms in total. The zero-order valence-corrected chi connectivity index (χ0v) is 12.3. The number of aliphatic hydroxyl groups is 1. The van der Waals surface area contributed by atoms with Crippen molar-refractivity contribution in [2.24, 2.45) is 16.3 Å². The van der Waals surface area contributed by atoms with Gasteiger partial charge in [-0.2, -0.15) is 0 Å². The highest BCUT2D eigenvalue weighted by Crippen LogP contribution is 2.28. The maximum Gasteiger partial charge on any atom is 0.144 e. The molecule has 0 heterocycles. The average Bonchev–Trinajstić information content (AvgIpc) is 2.79. The second-order valence-corrected chi connectivity index (χ2v) is 6.43. The average molecular weight is 271 g/mol. The lowest BCUT2D eigenvalue weighted by molar-refractivity contribution is 0.0478. The molecule has 0 unspecified atom stereocenters. The fourth-order valence-corrected chi connectivity index (χ4v) is 2.61. The van der Waals surface area contributed by atoms with Crippen LogP contribution in [-0.2, 0) is 0 Å². The molecule has 1 fully saturated rings. The van der Waals surface area contributed by atoms with Crippen LogP contribution in [0.4, 0.5) is 0 Å². The molecule has 0 aromatic carbocycles. The summed E-state index contributed by atoms with van der Waals surface area (Å²) in [5.41, 5.74) is 4.93. The molecule has 0 radical (unpaired) electrons. The van der Waals surface area contributed by atoms with Crippen molar-refractivity contribution in [2.75, 3.05) is 13.1 Å². The summed E-state index contributed by atoms with van der Waals surface area (Å²) >= 11 is 0. The van der Waals surface area contributed by atoms with E-state index in [0.717, 1.165) is 51.5 Å². The number of nitrogens with zero attached hydrogens (tertiary/aromatic N) is 1. The molecule has 1 saturated carbocycles. The van der Waals surface area contributed by atoms with Gasteiger partial charge in [-0.05, 0) is 32.2 Å². The molecular formula is C14H29N3O2. The number of nitrogens with two attached hydrogens (primary N) is 1. The topological polar surface area (TPSA) is 90.9 Å². The number of oxime groups is 1. The Hall–Kier alpha value is -0.810. The summed E-state index contributed by atoms with van der Waals surface area (Å²) < 4.78 is 0. The van der Waals surface area contributed by atoms with Gasteiger partial charge in [0.15, 0.2) is 0 Å². The molecular weight excluding hydrogens is 242 g/mol. The highest BCUT2D eigenvalue weighted by Gasteiger charge is 2.30. The minimum absolute atomic E-state index is 0.252. The van der Waals surface area contributed by atoms with Gasteiger partial charge in [0.1, 0.15) is 5.84 Å². The number of amidine groups is 1. The molecule has 0 bridgehead atoms. The van der Waals surface area contributed by atoms with E-state index >= 15 is 0 Å². The second kappa shape index (κ2) is 7.10. The zero-order valence-electron chi connectivity index (χ0n) is 12.3. The van der Waals surface area contributed by atoms with Crippen LogP contribution in [0.25, 0.3) is 0 Å². The maximum absolute atomic E-state index is 10.2. The first-order valence-electron chi connectivity index (χ1n) is 7.31. The lowest BCUT2D eigenvalue weighted by atomic mass is 9.86. The Bertz CT molecular complexity index is 297. The Kier molecular flexibility index (Phi) is 6.07. The molecule has 0 amide bonds. The molecule has 112 valence electrons. The Balaban J connectivity index is 2.08. The summed E-state index contributed by atoms with van der Waals surface area (Å²) in [4.78, 5) is 0. The van der Waals surface area contributed by atoms with Crippen LogP contribution in [0.3, 0.4) is 0 Å². The van der Waals surface area contributed by atoms with Gasteiger partial charge in [0.05, 0.1) is 5.60 Å². The first-order valence-corrected chi connectivity index (χ1v) is 7.31. The fourth-order valence-electron chi connectivity index (χ4n) is 2.61. The van der Waals surface area contributed by atoms with Crippen molar-refractivity contribution in [3.63, 3.8) is 0 Å². The van der Waals surface area contributed by atoms with Gasteiger partial charge in [0, 0.05) is 12.0 Å². The van der Waals surface area contributed by atoms with Crippen LogP contribution in [0.2, 0.25) is 0 Å². The van der Waals surface area contributed by atoms with Gasteiger partial charge >= 0.3 is 0 Å². The van der Waals surface area contributed by atoms with E-state index in [1.165, 1.54) is 0 Å². The molecule has 5 heteroatoms. The van der Waals surface area contributed by atoms with E-state index in [1.54, 1.807) is 0 Å². The summed E-state index contributed by atoms with van der Waals surface area (Å²) in [6.45, 7) is 5.58. The molecule has 19 heavy (non-hydrogen) atoms. The molecule has 0 aliphatic heterocycles. The van der Waals surface area contributed by atoms with Gasteiger partial charge in [-0.1, -0.05) is 38.3 Å². The van der Waals surface area contributed by atoms with E-state index < -0.39 is 5.60 Å². The van der Waals surface area contributed by atoms with Crippen molar-refractivity contribution in [3.05, 3.63) is 0 Å². The van der Waals surface area contributed by atoms with Gasteiger partial charge in [-0.15, -0.1) is 0 Å². The van der Waals surface area contributed by atoms with Crippen LogP contribution in [0.5, 0.6) is 0 Å². The Morgan fingerprint density at radius 1 is 1.32 bits per heavy atom. The van der Waals surface area contributed by atoms with E-state index in [1.807, 2.05) is 13.8 Å². The molecule has 1 aliphatic rings. The Morgan fingerprint density at radius 3 is 2.53 bits per heavy atom. The van der Waals surface area contributed by atoms with Gasteiger partial charge in [-0.3, -0.25) is 0 Å². The number of hydrogen-bond donors (Lipinski definition) is 4. The van der Waals surface area contributed by atoms with Crippen LogP contribution in [-0.4, -0.2) is 34.8 Å². The van der Waals surface area contributed by atoms with E-state index in [-0.39, 0.29) is 5.41 Å². The Labute approximate surface area is 116 Å². The van der Waals surface area contributed by atoms with Crippen molar-refractivity contribution in [2.45, 2.75) is 64.4 Å². The summed E-state index contributed by atoms with van der Waals surface area (Å²) in [6, 6.07) is 0. The molecule has 0 atom stereocenters. The monoisotopic (exact) mass is 271 g/mol. The lowest BCUT2D eigenvalue weighted by Crippen LogP contribution is -2.38. The lowest BCUT2D eigenvalue weighted by Gasteiger charge is -2.24. The van der Waals surface area contributed by atoms with Crippen molar-refractivity contribution in [1.29, 1.82) is 0 Å². The van der Waals surface area contributed by atoms with Crippen LogP contribution >= 0.6 is 0 Å². The minimum atomic E-state index is -0.465. The zero-order chi connectivity index (χ0) is 14.4. The van der Waals surface area contributed by atoms with Gasteiger partial charge in [-0.25, -0.2) is 0 Å². The normalized spacial score (nSPS) is 19.8. The first-order chi connectivity index (χ1) is 8.90. The van der Waals surface area contributed by atoms with E-state index in [9.17, 15) is 5.11 Å². The quantitative estimate of drug-likeness (QED) is 0.178. The van der Waals surface area contributed by atoms with E-state index in [0.29, 0.717) is 12.4 Å². The van der Waals surface area contributed by atoms with Gasteiger partial charge in [0.25, 0.3) is 0 Å². The molecule has 0 saturated heterocycles. The fraction of sp³-hybridized carbons (Fsp3) is 0.929. The first kappa shape index (κ1) is 16.2. The minimum Gasteiger partial charge on any atom is -0.409 e. The van der Waals surface area contributed by atoms with Crippen molar-refractivity contribution in [3.8, 4) is 0 Å². The van der Waals surface area contributed by atoms with Crippen molar-refractivity contribution in [1.82, 2.24) is 5.32 Å². The highest BCUT2D eigenvalue weighted by molar-refractivity contribution is 5.85. The smallest absolute Gasteiger partial charge is 0.144 e. The predicted octanol–water partition coefficient (Wildman–Crippen LogP) is 1.82. The van der Waals surface area contributed by atoms with Gasteiger partial charge < -0.3 is 21.4 Å². The van der Waals surface area contributed by atoms with Gasteiger partial charge in [0.2, 0.25) is 0 Å². The number of unbranched alkanes of at least 4 members (excludes halogenated alkanes) is 1. The van der Waals surface area contributed by atoms with Crippen molar-refractivity contribution >= 4 is 5.84 Å². The van der Waals surface area contributed by atoms with Crippen molar-refractivity contribution < 1.29 is 10.3 Å². The Morgan fingerprint density at radius 2 is 1.95 bits per heavy atom. The SMILES string of the molecule is CC(C)(CCCCNCC1(O)CCCC1)C(N)=NO. The molecule has 5 N–H and O–H groups in total. The number of hydrogen-bond acceptors (Lipinski definition) is 4. The third-order valence-corrected chi connectivity index (χ3v) is 4.19. The molecule has 0 aromatic heterocycles. The van der Waals surface area contributed by atoms with E-state index in [2.05, 4.69) is 10.5 Å². The summed E-state index contributed by atoms with van der Waals surface area (Å²) in [5.74, 6) is 0.292. The third kappa shape index (κ3) is 5.37. The van der Waals surface area contributed by atoms with E-state index in [4.69, 9.17) is 10.9 Å². The van der Waals surface area contributed by atoms with Crippen LogP contribution < -0.4 is 11.1 Å². The molecule has 0 spiro atoms. The summed E-state index contributed by atoms with van der Waals surface area (Å²) in [6.07, 6.45) is 7.10. The van der Waals surface area contributed by atoms with Crippen LogP contribution in [0.15, 0.2) is 5.16 Å². The number of nitrogens with one attached hydrogen (secondary N) is 1. The number of rotatable bonds is 8. The summed E-state index contributed by atoms with van der Waals surface area (Å²) in [7, 11) is 0. The molecule has 1 rings (SSSR count). The maximum atomic E-state index is 10.2.